The van der Waals surface area contributed by atoms with Crippen LogP contribution in [0.3, 0.4) is 0 Å². The molecule has 132 valence electrons. The van der Waals surface area contributed by atoms with Crippen molar-refractivity contribution in [3.63, 3.8) is 0 Å². The second-order valence-corrected chi connectivity index (χ2v) is 6.26. The number of hydrogen-bond donors (Lipinski definition) is 1. The summed E-state index contributed by atoms with van der Waals surface area (Å²) in [5.41, 5.74) is 1.50. The number of amides is 1. The minimum atomic E-state index is -0.875. The lowest BCUT2D eigenvalue weighted by molar-refractivity contribution is -0.129. The molecule has 2 aromatic carbocycles. The first kappa shape index (κ1) is 19.0. The highest BCUT2D eigenvalue weighted by Crippen LogP contribution is 2.18. The first-order valence-electron chi connectivity index (χ1n) is 8.30. The van der Waals surface area contributed by atoms with Crippen LogP contribution in [0.15, 0.2) is 54.6 Å². The lowest BCUT2D eigenvalue weighted by Gasteiger charge is -2.18. The van der Waals surface area contributed by atoms with Gasteiger partial charge in [0.1, 0.15) is 0 Å². The molecule has 0 unspecified atom stereocenters. The summed E-state index contributed by atoms with van der Waals surface area (Å²) in [6, 6.07) is 16.5. The van der Waals surface area contributed by atoms with Gasteiger partial charge in [-0.2, -0.15) is 0 Å². The third kappa shape index (κ3) is 5.61. The molecule has 1 amide bonds. The molecular formula is C20H22ClNO3. The molecule has 0 heterocycles. The van der Waals surface area contributed by atoms with E-state index >= 15 is 0 Å². The molecule has 5 heteroatoms. The molecule has 1 N–H and O–H groups in total. The van der Waals surface area contributed by atoms with Gasteiger partial charge < -0.3 is 10.1 Å². The van der Waals surface area contributed by atoms with Gasteiger partial charge in [0.25, 0.3) is 5.91 Å². The minimum Gasteiger partial charge on any atom is -0.449 e. The largest absolute Gasteiger partial charge is 0.449 e. The Hall–Kier alpha value is -2.33. The smallest absolute Gasteiger partial charge is 0.338 e. The Morgan fingerprint density at radius 1 is 1.12 bits per heavy atom. The maximum Gasteiger partial charge on any atom is 0.338 e. The van der Waals surface area contributed by atoms with Gasteiger partial charge in [-0.05, 0) is 37.1 Å². The molecule has 0 saturated carbocycles. The van der Waals surface area contributed by atoms with Crippen molar-refractivity contribution in [2.45, 2.75) is 32.3 Å². The number of ether oxygens (including phenoxy) is 1. The molecule has 0 aliphatic rings. The van der Waals surface area contributed by atoms with Crippen LogP contribution in [0.4, 0.5) is 0 Å². The van der Waals surface area contributed by atoms with Crippen molar-refractivity contribution in [2.24, 2.45) is 0 Å². The van der Waals surface area contributed by atoms with Crippen LogP contribution >= 0.6 is 11.6 Å². The van der Waals surface area contributed by atoms with Crippen LogP contribution in [0.2, 0.25) is 5.02 Å². The van der Waals surface area contributed by atoms with E-state index in [1.165, 1.54) is 11.6 Å². The summed E-state index contributed by atoms with van der Waals surface area (Å²) in [4.78, 5) is 24.3. The molecule has 0 bridgehead atoms. The van der Waals surface area contributed by atoms with Crippen LogP contribution in [0.5, 0.6) is 0 Å². The van der Waals surface area contributed by atoms with Gasteiger partial charge in [0.05, 0.1) is 5.56 Å². The van der Waals surface area contributed by atoms with Gasteiger partial charge in [0.15, 0.2) is 6.10 Å². The Balaban J connectivity index is 1.88. The highest BCUT2D eigenvalue weighted by Gasteiger charge is 2.20. The molecule has 0 fully saturated rings. The third-order valence-corrected chi connectivity index (χ3v) is 4.23. The molecule has 0 radical (unpaired) electrons. The van der Waals surface area contributed by atoms with Gasteiger partial charge in [-0.3, -0.25) is 4.79 Å². The summed E-state index contributed by atoms with van der Waals surface area (Å²) in [6.45, 7) is 4.13. The average molecular weight is 360 g/mol. The zero-order valence-electron chi connectivity index (χ0n) is 14.4. The predicted molar refractivity (Wildman–Crippen MR) is 98.8 cm³/mol. The van der Waals surface area contributed by atoms with E-state index in [1.54, 1.807) is 25.1 Å². The molecule has 0 spiro atoms. The topological polar surface area (TPSA) is 55.4 Å². The number of carbonyl (C=O) groups excluding carboxylic acids is 2. The van der Waals surface area contributed by atoms with E-state index in [-0.39, 0.29) is 11.8 Å². The number of nitrogens with one attached hydrogen (secondary N) is 1. The fraction of sp³-hybridized carbons (Fsp3) is 0.300. The number of esters is 1. The lowest BCUT2D eigenvalue weighted by Crippen LogP contribution is -2.38. The summed E-state index contributed by atoms with van der Waals surface area (Å²) < 4.78 is 5.22. The zero-order valence-corrected chi connectivity index (χ0v) is 15.1. The lowest BCUT2D eigenvalue weighted by atomic mass is 9.96. The van der Waals surface area contributed by atoms with Crippen LogP contribution in [0.1, 0.15) is 42.1 Å². The van der Waals surface area contributed by atoms with Gasteiger partial charge in [-0.15, -0.1) is 0 Å². The highest BCUT2D eigenvalue weighted by atomic mass is 35.5. The molecular weight excluding hydrogens is 338 g/mol. The summed E-state index contributed by atoms with van der Waals surface area (Å²) in [7, 11) is 0. The first-order chi connectivity index (χ1) is 12.0. The van der Waals surface area contributed by atoms with Crippen molar-refractivity contribution in [3.8, 4) is 0 Å². The Bertz CT molecular complexity index is 718. The van der Waals surface area contributed by atoms with E-state index in [9.17, 15) is 9.59 Å². The average Bonchev–Trinajstić information content (AvgIpc) is 2.62. The van der Waals surface area contributed by atoms with Crippen molar-refractivity contribution >= 4 is 23.5 Å². The molecule has 0 aromatic heterocycles. The Kier molecular flexibility index (Phi) is 7.02. The standard InChI is InChI=1S/C20H22ClNO3/c1-3-15(16-8-5-4-6-9-16)13-22-19(23)14(2)25-20(24)17-10-7-11-18(21)12-17/h4-12,14-15H,3,13H2,1-2H3,(H,22,23)/t14-,15+/m0/s1. The normalized spacial score (nSPS) is 12.9. The van der Waals surface area contributed by atoms with Crippen LogP contribution in [-0.2, 0) is 9.53 Å². The van der Waals surface area contributed by atoms with Crippen molar-refractivity contribution in [3.05, 3.63) is 70.7 Å². The molecule has 0 aliphatic carbocycles. The van der Waals surface area contributed by atoms with Gasteiger partial charge in [0.2, 0.25) is 0 Å². The molecule has 25 heavy (non-hydrogen) atoms. The second kappa shape index (κ2) is 9.23. The summed E-state index contributed by atoms with van der Waals surface area (Å²) in [5.74, 6) is -0.661. The highest BCUT2D eigenvalue weighted by molar-refractivity contribution is 6.30. The number of hydrogen-bond acceptors (Lipinski definition) is 3. The summed E-state index contributed by atoms with van der Waals surface area (Å²) in [6.07, 6.45) is 0.0285. The van der Waals surface area contributed by atoms with Gasteiger partial charge >= 0.3 is 5.97 Å². The molecule has 0 saturated heterocycles. The Morgan fingerprint density at radius 3 is 2.48 bits per heavy atom. The Morgan fingerprint density at radius 2 is 1.84 bits per heavy atom. The van der Waals surface area contributed by atoms with Crippen molar-refractivity contribution in [1.82, 2.24) is 5.32 Å². The van der Waals surface area contributed by atoms with Crippen molar-refractivity contribution in [2.75, 3.05) is 6.54 Å². The Labute approximate surface area is 153 Å². The number of benzene rings is 2. The van der Waals surface area contributed by atoms with E-state index in [1.807, 2.05) is 30.3 Å². The van der Waals surface area contributed by atoms with E-state index < -0.39 is 12.1 Å². The van der Waals surface area contributed by atoms with Crippen LogP contribution < -0.4 is 5.32 Å². The molecule has 0 aliphatic heterocycles. The number of rotatable bonds is 7. The van der Waals surface area contributed by atoms with Crippen LogP contribution in [0, 0.1) is 0 Å². The maximum atomic E-state index is 12.2. The molecule has 2 rings (SSSR count). The van der Waals surface area contributed by atoms with Crippen molar-refractivity contribution < 1.29 is 14.3 Å². The van der Waals surface area contributed by atoms with E-state index in [0.717, 1.165) is 6.42 Å². The molecule has 4 nitrogen and oxygen atoms in total. The minimum absolute atomic E-state index is 0.223. The van der Waals surface area contributed by atoms with Gasteiger partial charge in [-0.25, -0.2) is 4.79 Å². The van der Waals surface area contributed by atoms with Gasteiger partial charge in [0, 0.05) is 17.5 Å². The predicted octanol–water partition coefficient (Wildman–Crippen LogP) is 4.20. The third-order valence-electron chi connectivity index (χ3n) is 4.00. The summed E-state index contributed by atoms with van der Waals surface area (Å²) in [5, 5.41) is 3.30. The van der Waals surface area contributed by atoms with E-state index in [4.69, 9.17) is 16.3 Å². The monoisotopic (exact) mass is 359 g/mol. The van der Waals surface area contributed by atoms with E-state index in [2.05, 4.69) is 12.2 Å². The van der Waals surface area contributed by atoms with Crippen molar-refractivity contribution in [1.29, 1.82) is 0 Å². The quantitative estimate of drug-likeness (QED) is 0.754. The number of halogens is 1. The SMILES string of the molecule is CC[C@H](CNC(=O)[C@H](C)OC(=O)c1cccc(Cl)c1)c1ccccc1. The van der Waals surface area contributed by atoms with Crippen LogP contribution in [-0.4, -0.2) is 24.5 Å². The van der Waals surface area contributed by atoms with Gasteiger partial charge in [-0.1, -0.05) is 54.9 Å². The second-order valence-electron chi connectivity index (χ2n) is 5.82. The first-order valence-corrected chi connectivity index (χ1v) is 8.68. The fourth-order valence-electron chi connectivity index (χ4n) is 2.49. The zero-order chi connectivity index (χ0) is 18.2. The maximum absolute atomic E-state index is 12.2. The summed E-state index contributed by atoms with van der Waals surface area (Å²) >= 11 is 5.86. The van der Waals surface area contributed by atoms with E-state index in [0.29, 0.717) is 17.1 Å². The molecule has 2 aromatic rings. The fourth-order valence-corrected chi connectivity index (χ4v) is 2.68. The molecule has 2 atom stereocenters. The number of carbonyl (C=O) groups is 2. The van der Waals surface area contributed by atoms with Crippen LogP contribution in [0.25, 0.3) is 0 Å².